The first kappa shape index (κ1) is 20.5. The van der Waals surface area contributed by atoms with Gasteiger partial charge in [0.25, 0.3) is 5.56 Å². The fourth-order valence-electron chi connectivity index (χ4n) is 3.80. The fourth-order valence-corrected chi connectivity index (χ4v) is 4.67. The number of aromatic nitrogens is 5. The molecule has 1 aromatic carbocycles. The van der Waals surface area contributed by atoms with Gasteiger partial charge in [-0.3, -0.25) is 9.78 Å². The third-order valence-corrected chi connectivity index (χ3v) is 6.56. The number of hydrogen-bond acceptors (Lipinski definition) is 9. The van der Waals surface area contributed by atoms with Gasteiger partial charge in [-0.25, -0.2) is 19.9 Å². The molecule has 3 aromatic heterocycles. The zero-order valence-electron chi connectivity index (χ0n) is 18.0. The van der Waals surface area contributed by atoms with E-state index in [2.05, 4.69) is 42.0 Å². The highest BCUT2D eigenvalue weighted by Gasteiger charge is 2.19. The van der Waals surface area contributed by atoms with Crippen molar-refractivity contribution in [1.82, 2.24) is 29.8 Å². The second kappa shape index (κ2) is 8.64. The molecule has 1 aliphatic heterocycles. The van der Waals surface area contributed by atoms with Gasteiger partial charge in [-0.05, 0) is 25.6 Å². The largest absolute Gasteiger partial charge is 0.338 e. The summed E-state index contributed by atoms with van der Waals surface area (Å²) < 4.78 is 1.06. The molecule has 0 bridgehead atoms. The van der Waals surface area contributed by atoms with Gasteiger partial charge >= 0.3 is 0 Å². The number of aromatic amines is 1. The molecule has 4 heterocycles. The van der Waals surface area contributed by atoms with Crippen LogP contribution in [0.2, 0.25) is 0 Å². The van der Waals surface area contributed by atoms with E-state index in [-0.39, 0.29) is 5.56 Å². The molecule has 0 atom stereocenters. The summed E-state index contributed by atoms with van der Waals surface area (Å²) in [6, 6.07) is 9.35. The number of likely N-dealkylation sites (N-methyl/N-ethyl adjacent to an activating group) is 1. The Kier molecular flexibility index (Phi) is 5.54. The van der Waals surface area contributed by atoms with E-state index in [0.29, 0.717) is 16.8 Å². The molecule has 0 amide bonds. The molecule has 0 spiro atoms. The summed E-state index contributed by atoms with van der Waals surface area (Å²) in [5.74, 6) is 1.06. The summed E-state index contributed by atoms with van der Waals surface area (Å²) in [7, 11) is 0. The minimum Gasteiger partial charge on any atom is -0.338 e. The van der Waals surface area contributed by atoms with Crippen LogP contribution in [-0.4, -0.2) is 62.5 Å². The number of nitrogens with one attached hydrogen (secondary N) is 2. The van der Waals surface area contributed by atoms with Crippen LogP contribution in [0, 0.1) is 6.92 Å². The molecule has 32 heavy (non-hydrogen) atoms. The molecule has 1 saturated heterocycles. The van der Waals surface area contributed by atoms with Crippen molar-refractivity contribution >= 4 is 38.6 Å². The molecule has 164 valence electrons. The summed E-state index contributed by atoms with van der Waals surface area (Å²) in [6.45, 7) is 9.01. The number of nitrogens with zero attached hydrogens (tertiary/aromatic N) is 6. The predicted octanol–water partition coefficient (Wildman–Crippen LogP) is 3.03. The molecule has 0 radical (unpaired) electrons. The number of fused-ring (bicyclic) bond motifs is 1. The van der Waals surface area contributed by atoms with E-state index in [0.717, 1.165) is 60.1 Å². The lowest BCUT2D eigenvalue weighted by atomic mass is 10.2. The number of para-hydroxylation sites is 1. The second-order valence-corrected chi connectivity index (χ2v) is 8.71. The van der Waals surface area contributed by atoms with Gasteiger partial charge in [-0.15, -0.1) is 0 Å². The Bertz CT molecular complexity index is 1280. The Hall–Kier alpha value is -3.37. The maximum Gasteiger partial charge on any atom is 0.252 e. The lowest BCUT2D eigenvalue weighted by Crippen LogP contribution is -2.46. The predicted molar refractivity (Wildman–Crippen MR) is 128 cm³/mol. The normalized spacial score (nSPS) is 14.8. The smallest absolute Gasteiger partial charge is 0.252 e. The Balaban J connectivity index is 1.40. The summed E-state index contributed by atoms with van der Waals surface area (Å²) in [4.78, 5) is 38.1. The summed E-state index contributed by atoms with van der Waals surface area (Å²) in [5.41, 5.74) is 2.70. The van der Waals surface area contributed by atoms with E-state index in [9.17, 15) is 4.79 Å². The van der Waals surface area contributed by atoms with Crippen LogP contribution in [0.5, 0.6) is 0 Å². The van der Waals surface area contributed by atoms with Gasteiger partial charge in [0.2, 0.25) is 11.9 Å². The topological polar surface area (TPSA) is 103 Å². The third-order valence-electron chi connectivity index (χ3n) is 5.61. The lowest BCUT2D eigenvalue weighted by molar-refractivity contribution is 0.270. The number of thiazole rings is 1. The molecule has 0 aliphatic carbocycles. The van der Waals surface area contributed by atoms with E-state index in [1.54, 1.807) is 6.20 Å². The average molecular weight is 449 g/mol. The van der Waals surface area contributed by atoms with Crippen LogP contribution in [0.15, 0.2) is 41.3 Å². The quantitative estimate of drug-likeness (QED) is 0.480. The van der Waals surface area contributed by atoms with Gasteiger partial charge in [0.05, 0.1) is 21.6 Å². The van der Waals surface area contributed by atoms with Crippen LogP contribution in [0.4, 0.5) is 17.0 Å². The van der Waals surface area contributed by atoms with Crippen molar-refractivity contribution < 1.29 is 0 Å². The van der Waals surface area contributed by atoms with E-state index in [1.807, 2.05) is 31.2 Å². The number of benzene rings is 1. The number of anilines is 3. The standard InChI is InChI=1S/C22H24N8OS/c1-3-29-8-10-30(11-9-29)21-23-13-15(14(2)24-21)17-12-19(31)27-20(25-17)28-22-26-16-6-4-5-7-18(16)32-22/h4-7,12-13H,3,8-11H2,1-2H3,(H2,25,26,27,28,31). The highest BCUT2D eigenvalue weighted by molar-refractivity contribution is 7.22. The maximum atomic E-state index is 12.3. The Labute approximate surface area is 189 Å². The van der Waals surface area contributed by atoms with Crippen molar-refractivity contribution in [2.45, 2.75) is 13.8 Å². The van der Waals surface area contributed by atoms with Crippen LogP contribution < -0.4 is 15.8 Å². The highest BCUT2D eigenvalue weighted by Crippen LogP contribution is 2.28. The fraction of sp³-hybridized carbons (Fsp3) is 0.318. The molecule has 4 aromatic rings. The van der Waals surface area contributed by atoms with Crippen LogP contribution in [-0.2, 0) is 0 Å². The Morgan fingerprint density at radius 2 is 1.94 bits per heavy atom. The van der Waals surface area contributed by atoms with E-state index in [1.165, 1.54) is 17.4 Å². The zero-order chi connectivity index (χ0) is 22.1. The van der Waals surface area contributed by atoms with Crippen molar-refractivity contribution in [3.05, 3.63) is 52.6 Å². The number of rotatable bonds is 5. The number of piperazine rings is 1. The summed E-state index contributed by atoms with van der Waals surface area (Å²) in [6.07, 6.45) is 1.76. The zero-order valence-corrected chi connectivity index (χ0v) is 18.8. The van der Waals surface area contributed by atoms with Gasteiger partial charge in [-0.2, -0.15) is 0 Å². The number of H-pyrrole nitrogens is 1. The second-order valence-electron chi connectivity index (χ2n) is 7.68. The first-order valence-electron chi connectivity index (χ1n) is 10.6. The van der Waals surface area contributed by atoms with Crippen molar-refractivity contribution in [2.24, 2.45) is 0 Å². The van der Waals surface area contributed by atoms with E-state index < -0.39 is 0 Å². The molecule has 1 fully saturated rings. The minimum atomic E-state index is -0.252. The van der Waals surface area contributed by atoms with Crippen molar-refractivity contribution in [2.75, 3.05) is 42.9 Å². The van der Waals surface area contributed by atoms with Gasteiger partial charge in [-0.1, -0.05) is 30.4 Å². The minimum absolute atomic E-state index is 0.252. The molecular weight excluding hydrogens is 424 g/mol. The first-order chi connectivity index (χ1) is 15.6. The third kappa shape index (κ3) is 4.19. The van der Waals surface area contributed by atoms with Crippen LogP contribution in [0.1, 0.15) is 12.6 Å². The Morgan fingerprint density at radius 3 is 2.69 bits per heavy atom. The summed E-state index contributed by atoms with van der Waals surface area (Å²) >= 11 is 1.50. The lowest BCUT2D eigenvalue weighted by Gasteiger charge is -2.34. The Morgan fingerprint density at radius 1 is 1.12 bits per heavy atom. The van der Waals surface area contributed by atoms with Crippen LogP contribution >= 0.6 is 11.3 Å². The number of hydrogen-bond donors (Lipinski definition) is 2. The van der Waals surface area contributed by atoms with Gasteiger partial charge in [0.15, 0.2) is 5.13 Å². The van der Waals surface area contributed by atoms with Crippen LogP contribution in [0.3, 0.4) is 0 Å². The molecule has 10 heteroatoms. The van der Waals surface area contributed by atoms with Crippen molar-refractivity contribution in [1.29, 1.82) is 0 Å². The van der Waals surface area contributed by atoms with Gasteiger partial charge in [0, 0.05) is 44.0 Å². The van der Waals surface area contributed by atoms with Crippen molar-refractivity contribution in [3.63, 3.8) is 0 Å². The van der Waals surface area contributed by atoms with Crippen LogP contribution in [0.25, 0.3) is 21.5 Å². The molecular formula is C22H24N8OS. The maximum absolute atomic E-state index is 12.3. The molecule has 1 aliphatic rings. The summed E-state index contributed by atoms with van der Waals surface area (Å²) in [5, 5.41) is 3.79. The average Bonchev–Trinajstić information content (AvgIpc) is 3.21. The SMILES string of the molecule is CCN1CCN(c2ncc(-c3cc(=O)[nH]c(Nc4nc5ccccc5s4)n3)c(C)n2)CC1. The number of aryl methyl sites for hydroxylation is 1. The van der Waals surface area contributed by atoms with Gasteiger partial charge in [0.1, 0.15) is 0 Å². The molecule has 2 N–H and O–H groups in total. The van der Waals surface area contributed by atoms with Gasteiger partial charge < -0.3 is 15.1 Å². The van der Waals surface area contributed by atoms with E-state index >= 15 is 0 Å². The monoisotopic (exact) mass is 448 g/mol. The van der Waals surface area contributed by atoms with Crippen molar-refractivity contribution in [3.8, 4) is 11.3 Å². The molecule has 5 rings (SSSR count). The van der Waals surface area contributed by atoms with E-state index in [4.69, 9.17) is 4.98 Å². The molecule has 0 saturated carbocycles. The molecule has 9 nitrogen and oxygen atoms in total. The highest BCUT2D eigenvalue weighted by atomic mass is 32.1. The first-order valence-corrected chi connectivity index (χ1v) is 11.5. The molecule has 0 unspecified atom stereocenters.